The molecule has 0 amide bonds. The van der Waals surface area contributed by atoms with Crippen LogP contribution in [0.15, 0.2) is 12.2 Å². The first-order valence-corrected chi connectivity index (χ1v) is 14.0. The SMILES string of the molecule is C=C(C)CC(CCCC(C)CCCCCCCC)C1(CCC(CC)CC)CCC1C. The van der Waals surface area contributed by atoms with E-state index in [0.717, 1.165) is 23.7 Å². The van der Waals surface area contributed by atoms with Crippen molar-refractivity contribution in [2.24, 2.45) is 29.1 Å². The molecule has 178 valence electrons. The van der Waals surface area contributed by atoms with Gasteiger partial charge in [0.15, 0.2) is 0 Å². The second kappa shape index (κ2) is 15.5. The maximum atomic E-state index is 4.33. The summed E-state index contributed by atoms with van der Waals surface area (Å²) in [5.41, 5.74) is 2.05. The lowest BCUT2D eigenvalue weighted by atomic mass is 9.50. The Labute approximate surface area is 192 Å². The third kappa shape index (κ3) is 9.48. The molecule has 0 radical (unpaired) electrons. The average molecular weight is 419 g/mol. The van der Waals surface area contributed by atoms with Gasteiger partial charge in [0.25, 0.3) is 0 Å². The molecule has 4 unspecified atom stereocenters. The van der Waals surface area contributed by atoms with Gasteiger partial charge in [-0.05, 0) is 74.5 Å². The van der Waals surface area contributed by atoms with E-state index >= 15 is 0 Å². The van der Waals surface area contributed by atoms with Crippen LogP contribution in [0.5, 0.6) is 0 Å². The Bertz CT molecular complexity index is 431. The third-order valence-corrected chi connectivity index (χ3v) is 8.90. The summed E-state index contributed by atoms with van der Waals surface area (Å²) < 4.78 is 0. The minimum atomic E-state index is 0.629. The van der Waals surface area contributed by atoms with E-state index in [2.05, 4.69) is 48.1 Å². The highest BCUT2D eigenvalue weighted by molar-refractivity contribution is 5.03. The molecule has 0 aliphatic heterocycles. The van der Waals surface area contributed by atoms with Crippen LogP contribution in [0.1, 0.15) is 151 Å². The predicted molar refractivity (Wildman–Crippen MR) is 138 cm³/mol. The zero-order chi connectivity index (χ0) is 22.4. The van der Waals surface area contributed by atoms with Gasteiger partial charge in [0.05, 0.1) is 0 Å². The Kier molecular flexibility index (Phi) is 14.4. The molecule has 0 heteroatoms. The fraction of sp³-hybridized carbons (Fsp3) is 0.933. The summed E-state index contributed by atoms with van der Waals surface area (Å²) >= 11 is 0. The summed E-state index contributed by atoms with van der Waals surface area (Å²) in [5.74, 6) is 3.67. The third-order valence-electron chi connectivity index (χ3n) is 8.90. The molecule has 1 fully saturated rings. The van der Waals surface area contributed by atoms with Crippen LogP contribution in [0.25, 0.3) is 0 Å². The van der Waals surface area contributed by atoms with Gasteiger partial charge in [-0.15, -0.1) is 6.58 Å². The van der Waals surface area contributed by atoms with E-state index in [4.69, 9.17) is 0 Å². The van der Waals surface area contributed by atoms with E-state index in [1.54, 1.807) is 0 Å². The molecule has 0 heterocycles. The Hall–Kier alpha value is -0.260. The first-order valence-electron chi connectivity index (χ1n) is 14.0. The van der Waals surface area contributed by atoms with Crippen LogP contribution in [0.4, 0.5) is 0 Å². The van der Waals surface area contributed by atoms with Crippen molar-refractivity contribution in [1.29, 1.82) is 0 Å². The molecule has 0 spiro atoms. The second-order valence-corrected chi connectivity index (χ2v) is 11.3. The Morgan fingerprint density at radius 2 is 1.53 bits per heavy atom. The van der Waals surface area contributed by atoms with Gasteiger partial charge in [0.2, 0.25) is 0 Å². The molecule has 0 N–H and O–H groups in total. The zero-order valence-corrected chi connectivity index (χ0v) is 22.0. The van der Waals surface area contributed by atoms with Crippen LogP contribution in [0.3, 0.4) is 0 Å². The normalized spacial score (nSPS) is 23.4. The van der Waals surface area contributed by atoms with Crippen molar-refractivity contribution in [3.05, 3.63) is 12.2 Å². The van der Waals surface area contributed by atoms with E-state index in [-0.39, 0.29) is 0 Å². The lowest BCUT2D eigenvalue weighted by Crippen LogP contribution is -2.45. The van der Waals surface area contributed by atoms with Crippen LogP contribution in [-0.4, -0.2) is 0 Å². The monoisotopic (exact) mass is 418 g/mol. The van der Waals surface area contributed by atoms with Crippen LogP contribution >= 0.6 is 0 Å². The standard InChI is InChI=1S/C30H58/c1-8-11-12-13-14-15-17-26(6)18-16-19-29(24-25(4)5)30(22-20-27(30)7)23-21-28(9-2)10-3/h26-29H,4,8-24H2,1-3,5-7H3. The van der Waals surface area contributed by atoms with Crippen LogP contribution in [0, 0.1) is 29.1 Å². The van der Waals surface area contributed by atoms with Gasteiger partial charge in [0, 0.05) is 0 Å². The molecule has 1 rings (SSSR count). The van der Waals surface area contributed by atoms with Crippen molar-refractivity contribution in [2.45, 2.75) is 151 Å². The highest BCUT2D eigenvalue weighted by Gasteiger charge is 2.48. The molecule has 0 aromatic carbocycles. The van der Waals surface area contributed by atoms with Gasteiger partial charge in [-0.25, -0.2) is 0 Å². The molecule has 0 saturated heterocycles. The lowest BCUT2D eigenvalue weighted by molar-refractivity contribution is -0.0408. The fourth-order valence-corrected chi connectivity index (χ4v) is 6.30. The van der Waals surface area contributed by atoms with Crippen LogP contribution in [-0.2, 0) is 0 Å². The summed E-state index contributed by atoms with van der Waals surface area (Å²) in [6.07, 6.45) is 24.3. The van der Waals surface area contributed by atoms with E-state index in [9.17, 15) is 0 Å². The smallest absolute Gasteiger partial charge is 0.0240 e. The van der Waals surface area contributed by atoms with Gasteiger partial charge in [0.1, 0.15) is 0 Å². The molecule has 0 nitrogen and oxygen atoms in total. The molecule has 0 aromatic heterocycles. The molecular formula is C30H58. The summed E-state index contributed by atoms with van der Waals surface area (Å²) in [4.78, 5) is 0. The largest absolute Gasteiger partial charge is 0.100 e. The first kappa shape index (κ1) is 27.8. The first-order chi connectivity index (χ1) is 14.4. The van der Waals surface area contributed by atoms with Crippen molar-refractivity contribution in [3.8, 4) is 0 Å². The molecule has 0 bridgehead atoms. The van der Waals surface area contributed by atoms with Gasteiger partial charge >= 0.3 is 0 Å². The Morgan fingerprint density at radius 3 is 2.07 bits per heavy atom. The molecule has 30 heavy (non-hydrogen) atoms. The number of unbranched alkanes of at least 4 members (excludes halogenated alkanes) is 5. The quantitative estimate of drug-likeness (QED) is 0.144. The molecule has 4 atom stereocenters. The zero-order valence-electron chi connectivity index (χ0n) is 22.0. The number of hydrogen-bond donors (Lipinski definition) is 0. The molecular weight excluding hydrogens is 360 g/mol. The summed E-state index contributed by atoms with van der Waals surface area (Å²) in [5, 5.41) is 0. The van der Waals surface area contributed by atoms with E-state index in [1.165, 1.54) is 115 Å². The molecule has 1 saturated carbocycles. The average Bonchev–Trinajstić information content (AvgIpc) is 2.72. The van der Waals surface area contributed by atoms with Crippen molar-refractivity contribution in [2.75, 3.05) is 0 Å². The van der Waals surface area contributed by atoms with Gasteiger partial charge in [-0.3, -0.25) is 0 Å². The van der Waals surface area contributed by atoms with E-state index < -0.39 is 0 Å². The summed E-state index contributed by atoms with van der Waals surface area (Å²) in [6.45, 7) is 18.8. The minimum absolute atomic E-state index is 0.629. The van der Waals surface area contributed by atoms with Crippen molar-refractivity contribution in [3.63, 3.8) is 0 Å². The maximum absolute atomic E-state index is 4.33. The van der Waals surface area contributed by atoms with Crippen molar-refractivity contribution in [1.82, 2.24) is 0 Å². The van der Waals surface area contributed by atoms with Crippen molar-refractivity contribution < 1.29 is 0 Å². The Morgan fingerprint density at radius 1 is 0.900 bits per heavy atom. The molecule has 0 aromatic rings. The minimum Gasteiger partial charge on any atom is -0.100 e. The molecule has 1 aliphatic carbocycles. The van der Waals surface area contributed by atoms with Crippen molar-refractivity contribution >= 4 is 0 Å². The summed E-state index contributed by atoms with van der Waals surface area (Å²) in [7, 11) is 0. The van der Waals surface area contributed by atoms with Crippen LogP contribution in [0.2, 0.25) is 0 Å². The van der Waals surface area contributed by atoms with E-state index in [0.29, 0.717) is 5.41 Å². The fourth-order valence-electron chi connectivity index (χ4n) is 6.30. The maximum Gasteiger partial charge on any atom is -0.0240 e. The number of rotatable bonds is 19. The predicted octanol–water partition coefficient (Wildman–Crippen LogP) is 10.8. The number of hydrogen-bond acceptors (Lipinski definition) is 0. The highest BCUT2D eigenvalue weighted by atomic mass is 14.5. The topological polar surface area (TPSA) is 0 Å². The van der Waals surface area contributed by atoms with Gasteiger partial charge < -0.3 is 0 Å². The van der Waals surface area contributed by atoms with Crippen LogP contribution < -0.4 is 0 Å². The number of allylic oxidation sites excluding steroid dienone is 1. The lowest BCUT2D eigenvalue weighted by Gasteiger charge is -2.54. The van der Waals surface area contributed by atoms with E-state index in [1.807, 2.05) is 0 Å². The second-order valence-electron chi connectivity index (χ2n) is 11.3. The van der Waals surface area contributed by atoms with Gasteiger partial charge in [-0.2, -0.15) is 0 Å². The highest BCUT2D eigenvalue weighted by Crippen LogP contribution is 2.58. The van der Waals surface area contributed by atoms with Gasteiger partial charge in [-0.1, -0.05) is 111 Å². The summed E-state index contributed by atoms with van der Waals surface area (Å²) in [6, 6.07) is 0. The Balaban J connectivity index is 2.50. The molecule has 1 aliphatic rings.